The summed E-state index contributed by atoms with van der Waals surface area (Å²) in [7, 11) is 0. The molecule has 1 N–H and O–H groups in total. The van der Waals surface area contributed by atoms with Gasteiger partial charge in [0, 0.05) is 6.04 Å². The lowest BCUT2D eigenvalue weighted by molar-refractivity contribution is -0.0979. The zero-order valence-electron chi connectivity index (χ0n) is 5.31. The summed E-state index contributed by atoms with van der Waals surface area (Å²) in [6.07, 6.45) is 2.75. The number of hydrogen-bond donors (Lipinski definition) is 1. The fourth-order valence-corrected chi connectivity index (χ4v) is 0.859. The van der Waals surface area contributed by atoms with Crippen LogP contribution in [-0.4, -0.2) is 19.4 Å². The Labute approximate surface area is 50.3 Å². The van der Waals surface area contributed by atoms with Crippen molar-refractivity contribution in [3.63, 3.8) is 0 Å². The van der Waals surface area contributed by atoms with E-state index in [4.69, 9.17) is 4.79 Å². The third-order valence-corrected chi connectivity index (χ3v) is 1.31. The molecule has 0 aliphatic carbocycles. The van der Waals surface area contributed by atoms with Crippen LogP contribution in [0.1, 0.15) is 19.8 Å². The van der Waals surface area contributed by atoms with Gasteiger partial charge >= 0.3 is 0 Å². The summed E-state index contributed by atoms with van der Waals surface area (Å²) in [6.45, 7) is 5.47. The van der Waals surface area contributed by atoms with E-state index in [9.17, 15) is 0 Å². The van der Waals surface area contributed by atoms with E-state index in [1.54, 1.807) is 0 Å². The van der Waals surface area contributed by atoms with Gasteiger partial charge in [-0.15, -0.1) is 0 Å². The van der Waals surface area contributed by atoms with E-state index in [2.05, 4.69) is 12.2 Å². The second-order valence-electron chi connectivity index (χ2n) is 2.00. The van der Waals surface area contributed by atoms with Crippen molar-refractivity contribution >= 4 is 6.79 Å². The predicted octanol–water partition coefficient (Wildman–Crippen LogP) is 0.573. The molecular weight excluding hydrogens is 102 g/mol. The summed E-state index contributed by atoms with van der Waals surface area (Å²) in [5, 5.41) is 3.32. The molecule has 1 aliphatic rings. The molecule has 0 aromatic heterocycles. The number of hydrogen-bond acceptors (Lipinski definition) is 2. The Bertz CT molecular complexity index is 50.5. The molecule has 0 unspecified atom stereocenters. The van der Waals surface area contributed by atoms with Crippen molar-refractivity contribution < 1.29 is 4.79 Å². The Morgan fingerprint density at radius 1 is 1.62 bits per heavy atom. The summed E-state index contributed by atoms with van der Waals surface area (Å²) < 4.78 is 0. The van der Waals surface area contributed by atoms with Gasteiger partial charge < -0.3 is 10.1 Å². The minimum absolute atomic E-state index is 0.796. The molecule has 1 fully saturated rings. The molecule has 1 saturated heterocycles. The number of nitrogens with one attached hydrogen (secondary N) is 1. The molecule has 2 heteroatoms. The Balaban J connectivity index is 0.000000222. The highest BCUT2D eigenvalue weighted by Crippen LogP contribution is 2.01. The molecule has 0 saturated carbocycles. The lowest BCUT2D eigenvalue weighted by Crippen LogP contribution is -2.16. The summed E-state index contributed by atoms with van der Waals surface area (Å²) in [5.41, 5.74) is 0. The summed E-state index contributed by atoms with van der Waals surface area (Å²) in [6, 6.07) is 0.796. The second-order valence-corrected chi connectivity index (χ2v) is 2.00. The fraction of sp³-hybridized carbons (Fsp3) is 0.833. The molecule has 0 bridgehead atoms. The first kappa shape index (κ1) is 7.63. The molecule has 0 aromatic carbocycles. The minimum Gasteiger partial charge on any atom is -0.314 e. The van der Waals surface area contributed by atoms with E-state index in [0.29, 0.717) is 0 Å². The molecule has 0 spiro atoms. The van der Waals surface area contributed by atoms with Crippen molar-refractivity contribution in [3.05, 3.63) is 0 Å². The molecule has 8 heavy (non-hydrogen) atoms. The Kier molecular flexibility index (Phi) is 4.56. The second kappa shape index (κ2) is 4.78. The van der Waals surface area contributed by atoms with E-state index in [0.717, 1.165) is 6.04 Å². The van der Waals surface area contributed by atoms with Gasteiger partial charge in [-0.25, -0.2) is 0 Å². The van der Waals surface area contributed by atoms with Gasteiger partial charge in [0.15, 0.2) is 0 Å². The van der Waals surface area contributed by atoms with Gasteiger partial charge in [-0.1, -0.05) is 0 Å². The molecule has 1 rings (SSSR count). The van der Waals surface area contributed by atoms with Gasteiger partial charge in [0.05, 0.1) is 0 Å². The summed E-state index contributed by atoms with van der Waals surface area (Å²) in [5.74, 6) is 0. The van der Waals surface area contributed by atoms with Gasteiger partial charge in [0.1, 0.15) is 6.79 Å². The Hall–Kier alpha value is -0.370. The monoisotopic (exact) mass is 115 g/mol. The van der Waals surface area contributed by atoms with Crippen molar-refractivity contribution in [3.8, 4) is 0 Å². The average molecular weight is 115 g/mol. The normalized spacial score (nSPS) is 26.4. The molecule has 0 aromatic rings. The number of rotatable bonds is 0. The lowest BCUT2D eigenvalue weighted by Gasteiger charge is -1.95. The molecule has 48 valence electrons. The fourth-order valence-electron chi connectivity index (χ4n) is 0.859. The van der Waals surface area contributed by atoms with Gasteiger partial charge in [0.25, 0.3) is 0 Å². The number of carbonyl (C=O) groups excluding carboxylic acids is 1. The molecule has 0 radical (unpaired) electrons. The van der Waals surface area contributed by atoms with Crippen molar-refractivity contribution in [2.24, 2.45) is 0 Å². The van der Waals surface area contributed by atoms with Crippen LogP contribution in [0.2, 0.25) is 0 Å². The third kappa shape index (κ3) is 2.75. The maximum Gasteiger partial charge on any atom is 0.106 e. The first-order valence-corrected chi connectivity index (χ1v) is 2.92. The zero-order valence-corrected chi connectivity index (χ0v) is 5.31. The summed E-state index contributed by atoms with van der Waals surface area (Å²) >= 11 is 0. The van der Waals surface area contributed by atoms with Crippen LogP contribution in [-0.2, 0) is 4.79 Å². The smallest absolute Gasteiger partial charge is 0.106 e. The highest BCUT2D eigenvalue weighted by Gasteiger charge is 2.05. The SMILES string of the molecule is C=O.C[C@@H]1CCCN1. The lowest BCUT2D eigenvalue weighted by atomic mass is 10.3. The third-order valence-electron chi connectivity index (χ3n) is 1.31. The highest BCUT2D eigenvalue weighted by molar-refractivity contribution is 5.10. The maximum absolute atomic E-state index is 8.00. The van der Waals surface area contributed by atoms with Crippen LogP contribution in [0.15, 0.2) is 0 Å². The minimum atomic E-state index is 0.796. The van der Waals surface area contributed by atoms with Crippen LogP contribution < -0.4 is 5.32 Å². The van der Waals surface area contributed by atoms with Crippen molar-refractivity contribution in [2.45, 2.75) is 25.8 Å². The topological polar surface area (TPSA) is 29.1 Å². The van der Waals surface area contributed by atoms with Gasteiger partial charge in [0.2, 0.25) is 0 Å². The predicted molar refractivity (Wildman–Crippen MR) is 33.8 cm³/mol. The quantitative estimate of drug-likeness (QED) is 0.500. The van der Waals surface area contributed by atoms with Crippen molar-refractivity contribution in [2.75, 3.05) is 6.54 Å². The first-order valence-electron chi connectivity index (χ1n) is 2.92. The van der Waals surface area contributed by atoms with Crippen LogP contribution in [0.3, 0.4) is 0 Å². The van der Waals surface area contributed by atoms with Gasteiger partial charge in [-0.05, 0) is 26.3 Å². The van der Waals surface area contributed by atoms with E-state index >= 15 is 0 Å². The average Bonchev–Trinajstić information content (AvgIpc) is 2.24. The number of carbonyl (C=O) groups is 1. The van der Waals surface area contributed by atoms with E-state index in [1.165, 1.54) is 19.4 Å². The molecule has 0 amide bonds. The largest absolute Gasteiger partial charge is 0.314 e. The van der Waals surface area contributed by atoms with Crippen LogP contribution in [0, 0.1) is 0 Å². The van der Waals surface area contributed by atoms with E-state index in [-0.39, 0.29) is 0 Å². The highest BCUT2D eigenvalue weighted by atomic mass is 16.1. The van der Waals surface area contributed by atoms with Crippen LogP contribution in [0.4, 0.5) is 0 Å². The Morgan fingerprint density at radius 2 is 2.25 bits per heavy atom. The van der Waals surface area contributed by atoms with Crippen LogP contribution in [0.5, 0.6) is 0 Å². The summed E-state index contributed by atoms with van der Waals surface area (Å²) in [4.78, 5) is 8.00. The zero-order chi connectivity index (χ0) is 6.41. The molecule has 1 atom stereocenters. The van der Waals surface area contributed by atoms with E-state index in [1.807, 2.05) is 6.79 Å². The molecule has 2 nitrogen and oxygen atoms in total. The first-order chi connectivity index (χ1) is 3.89. The molecular formula is C6H13NO. The molecule has 1 heterocycles. The Morgan fingerprint density at radius 3 is 2.38 bits per heavy atom. The standard InChI is InChI=1S/C5H11N.CH2O/c1-5-3-2-4-6-5;1-2/h5-6H,2-4H2,1H3;1H2/t5-;/m1./s1. The van der Waals surface area contributed by atoms with Gasteiger partial charge in [-0.2, -0.15) is 0 Å². The van der Waals surface area contributed by atoms with Crippen molar-refractivity contribution in [1.82, 2.24) is 5.32 Å². The van der Waals surface area contributed by atoms with Crippen molar-refractivity contribution in [1.29, 1.82) is 0 Å². The maximum atomic E-state index is 8.00. The van der Waals surface area contributed by atoms with Gasteiger partial charge in [-0.3, -0.25) is 0 Å². The molecule has 1 aliphatic heterocycles. The van der Waals surface area contributed by atoms with Crippen LogP contribution in [0.25, 0.3) is 0 Å². The van der Waals surface area contributed by atoms with Crippen LogP contribution >= 0.6 is 0 Å². The van der Waals surface area contributed by atoms with E-state index < -0.39 is 0 Å².